The number of anilines is 2. The summed E-state index contributed by atoms with van der Waals surface area (Å²) < 4.78 is 7.57. The van der Waals surface area contributed by atoms with Crippen LogP contribution in [0.4, 0.5) is 16.4 Å². The molecule has 0 aliphatic carbocycles. The maximum atomic E-state index is 12.0. The highest BCUT2D eigenvalue weighted by Crippen LogP contribution is 2.21. The van der Waals surface area contributed by atoms with Crippen LogP contribution in [0.5, 0.6) is 0 Å². The highest BCUT2D eigenvalue weighted by Gasteiger charge is 2.17. The molecule has 3 N–H and O–H groups in total. The van der Waals surface area contributed by atoms with Gasteiger partial charge >= 0.3 is 6.09 Å². The van der Waals surface area contributed by atoms with Crippen LogP contribution in [-0.2, 0) is 4.74 Å². The highest BCUT2D eigenvalue weighted by molar-refractivity contribution is 9.10. The van der Waals surface area contributed by atoms with E-state index in [1.54, 1.807) is 39.2 Å². The lowest BCUT2D eigenvalue weighted by molar-refractivity contribution is 0.0636. The molecule has 0 bridgehead atoms. The fourth-order valence-electron chi connectivity index (χ4n) is 1.88. The fourth-order valence-corrected chi connectivity index (χ4v) is 2.24. The molecule has 0 saturated heterocycles. The van der Waals surface area contributed by atoms with E-state index < -0.39 is 11.7 Å². The van der Waals surface area contributed by atoms with Gasteiger partial charge in [0, 0.05) is 10.0 Å². The molecule has 1 amide bonds. The van der Waals surface area contributed by atoms with E-state index in [1.165, 1.54) is 4.68 Å². The van der Waals surface area contributed by atoms with Gasteiger partial charge in [0.05, 0.1) is 23.8 Å². The molecule has 8 heteroatoms. The molecule has 0 radical (unpaired) electrons. The minimum atomic E-state index is -0.576. The Hall–Kier alpha value is -2.35. The van der Waals surface area contributed by atoms with Crippen LogP contribution in [-0.4, -0.2) is 27.6 Å². The summed E-state index contributed by atoms with van der Waals surface area (Å²) in [6.07, 6.45) is 2.77. The molecular formula is C16H20BrN5O2. The van der Waals surface area contributed by atoms with Crippen molar-refractivity contribution in [1.29, 1.82) is 0 Å². The fraction of sp³-hybridized carbons (Fsp3) is 0.312. The van der Waals surface area contributed by atoms with Gasteiger partial charge in [-0.25, -0.2) is 14.5 Å². The van der Waals surface area contributed by atoms with Crippen molar-refractivity contribution in [2.75, 3.05) is 11.1 Å². The topological polar surface area (TPSA) is 94.5 Å². The van der Waals surface area contributed by atoms with Crippen molar-refractivity contribution < 1.29 is 9.53 Å². The predicted molar refractivity (Wildman–Crippen MR) is 98.4 cm³/mol. The average molecular weight is 394 g/mol. The molecule has 1 aromatic heterocycles. The number of amides is 1. The lowest BCUT2D eigenvalue weighted by Crippen LogP contribution is -2.27. The first-order chi connectivity index (χ1) is 11.1. The lowest BCUT2D eigenvalue weighted by Gasteiger charge is -2.20. The van der Waals surface area contributed by atoms with Gasteiger partial charge in [-0.3, -0.25) is 5.32 Å². The van der Waals surface area contributed by atoms with Crippen LogP contribution in [0.2, 0.25) is 0 Å². The Bertz CT molecular complexity index is 777. The Morgan fingerprint density at radius 2 is 2.17 bits per heavy atom. The molecule has 0 fully saturated rings. The number of carbonyl (C=O) groups excluding carboxylic acids is 1. The number of nitrogens with zero attached hydrogens (tertiary/aromatic N) is 3. The maximum Gasteiger partial charge on any atom is 0.412 e. The summed E-state index contributed by atoms with van der Waals surface area (Å²) >= 11 is 3.39. The molecule has 128 valence electrons. The third-order valence-corrected chi connectivity index (χ3v) is 3.30. The first-order valence-corrected chi connectivity index (χ1v) is 8.09. The summed E-state index contributed by atoms with van der Waals surface area (Å²) in [6, 6.07) is 5.44. The van der Waals surface area contributed by atoms with Crippen LogP contribution < -0.4 is 11.1 Å². The van der Waals surface area contributed by atoms with E-state index in [9.17, 15) is 4.79 Å². The largest absolute Gasteiger partial charge is 0.444 e. The third-order valence-electron chi connectivity index (χ3n) is 2.81. The third kappa shape index (κ3) is 5.09. The first-order valence-electron chi connectivity index (χ1n) is 7.29. The highest BCUT2D eigenvalue weighted by atomic mass is 79.9. The number of halogens is 1. The van der Waals surface area contributed by atoms with Gasteiger partial charge in [-0.2, -0.15) is 5.10 Å². The molecule has 2 rings (SSSR count). The zero-order valence-electron chi connectivity index (χ0n) is 14.0. The Morgan fingerprint density at radius 1 is 1.46 bits per heavy atom. The number of aryl methyl sites for hydroxylation is 1. The van der Waals surface area contributed by atoms with Gasteiger partial charge in [-0.1, -0.05) is 22.0 Å². The molecule has 0 spiro atoms. The molecule has 0 saturated carbocycles. The molecule has 2 aromatic rings. The number of carbonyl (C=O) groups is 1. The van der Waals surface area contributed by atoms with Crippen molar-refractivity contribution in [3.05, 3.63) is 40.1 Å². The monoisotopic (exact) mass is 393 g/mol. The summed E-state index contributed by atoms with van der Waals surface area (Å²) in [7, 11) is 0. The first kappa shape index (κ1) is 18.0. The number of hydrogen-bond acceptors (Lipinski definition) is 5. The maximum absolute atomic E-state index is 12.0. The zero-order chi connectivity index (χ0) is 17.9. The summed E-state index contributed by atoms with van der Waals surface area (Å²) in [6.45, 7) is 7.25. The normalized spacial score (nSPS) is 11.7. The van der Waals surface area contributed by atoms with Crippen LogP contribution in [0.3, 0.4) is 0 Å². The smallest absolute Gasteiger partial charge is 0.412 e. The Kier molecular flexibility index (Phi) is 5.28. The van der Waals surface area contributed by atoms with E-state index in [-0.39, 0.29) is 0 Å². The molecule has 0 aliphatic rings. The van der Waals surface area contributed by atoms with Gasteiger partial charge in [0.25, 0.3) is 0 Å². The lowest BCUT2D eigenvalue weighted by atomic mass is 10.2. The van der Waals surface area contributed by atoms with Crippen LogP contribution in [0.25, 0.3) is 0 Å². The van der Waals surface area contributed by atoms with E-state index in [2.05, 4.69) is 31.3 Å². The number of rotatable bonds is 3. The van der Waals surface area contributed by atoms with Crippen LogP contribution in [0, 0.1) is 6.92 Å². The number of hydrogen-bond donors (Lipinski definition) is 2. The predicted octanol–water partition coefficient (Wildman–Crippen LogP) is 3.77. The van der Waals surface area contributed by atoms with E-state index in [0.717, 1.165) is 10.2 Å². The van der Waals surface area contributed by atoms with Crippen molar-refractivity contribution in [2.45, 2.75) is 33.3 Å². The van der Waals surface area contributed by atoms with Crippen LogP contribution in [0.15, 0.2) is 34.0 Å². The quantitative estimate of drug-likeness (QED) is 0.775. The number of nitrogens with two attached hydrogens (primary N) is 1. The Morgan fingerprint density at radius 3 is 2.75 bits per heavy atom. The molecule has 1 heterocycles. The number of nitrogen functional groups attached to an aromatic ring is 1. The summed E-state index contributed by atoms with van der Waals surface area (Å²) in [5.41, 5.74) is 7.22. The van der Waals surface area contributed by atoms with Gasteiger partial charge in [0.2, 0.25) is 5.95 Å². The number of nitrogens with one attached hydrogen (secondary N) is 1. The van der Waals surface area contributed by atoms with Crippen molar-refractivity contribution in [3.63, 3.8) is 0 Å². The van der Waals surface area contributed by atoms with Crippen molar-refractivity contribution >= 4 is 39.9 Å². The average Bonchev–Trinajstić information content (AvgIpc) is 2.74. The van der Waals surface area contributed by atoms with E-state index in [4.69, 9.17) is 10.5 Å². The van der Waals surface area contributed by atoms with E-state index in [1.807, 2.05) is 19.1 Å². The van der Waals surface area contributed by atoms with Gasteiger partial charge in [0.15, 0.2) is 0 Å². The molecule has 1 aromatic carbocycles. The Labute approximate surface area is 149 Å². The number of aromatic nitrogens is 2. The van der Waals surface area contributed by atoms with E-state index >= 15 is 0 Å². The summed E-state index contributed by atoms with van der Waals surface area (Å²) in [5.74, 6) is 0.294. The number of benzene rings is 1. The second-order valence-electron chi connectivity index (χ2n) is 6.19. The second-order valence-corrected chi connectivity index (χ2v) is 7.10. The zero-order valence-corrected chi connectivity index (χ0v) is 15.6. The summed E-state index contributed by atoms with van der Waals surface area (Å²) in [4.78, 5) is 16.1. The van der Waals surface area contributed by atoms with Gasteiger partial charge < -0.3 is 10.5 Å². The molecule has 0 atom stereocenters. The summed E-state index contributed by atoms with van der Waals surface area (Å²) in [5, 5.41) is 6.99. The minimum Gasteiger partial charge on any atom is -0.444 e. The number of ether oxygens (including phenoxy) is 1. The Balaban J connectivity index is 2.24. The molecular weight excluding hydrogens is 374 g/mol. The molecule has 24 heavy (non-hydrogen) atoms. The van der Waals surface area contributed by atoms with Crippen LogP contribution >= 0.6 is 15.9 Å². The van der Waals surface area contributed by atoms with Gasteiger partial charge in [-0.05, 0) is 39.8 Å². The standard InChI is InChI=1S/C16H20BrN5O2/c1-10-9-22(14(18)20-10)19-8-11-5-6-12(17)7-13(11)21-15(23)24-16(2,3)4/h5-9H,1-4H3,(H2,18,20)(H,21,23). The van der Waals surface area contributed by atoms with Gasteiger partial charge in [-0.15, -0.1) is 0 Å². The second kappa shape index (κ2) is 7.04. The van der Waals surface area contributed by atoms with E-state index in [0.29, 0.717) is 17.2 Å². The van der Waals surface area contributed by atoms with Crippen molar-refractivity contribution in [1.82, 2.24) is 9.66 Å². The van der Waals surface area contributed by atoms with Crippen molar-refractivity contribution in [2.24, 2.45) is 5.10 Å². The minimum absolute atomic E-state index is 0.294. The van der Waals surface area contributed by atoms with Crippen molar-refractivity contribution in [3.8, 4) is 0 Å². The molecule has 0 unspecified atom stereocenters. The van der Waals surface area contributed by atoms with Gasteiger partial charge in [0.1, 0.15) is 5.60 Å². The molecule has 0 aliphatic heterocycles. The SMILES string of the molecule is Cc1cn(N=Cc2ccc(Br)cc2NC(=O)OC(C)(C)C)c(N)n1. The number of imidazole rings is 1. The molecule has 7 nitrogen and oxygen atoms in total. The van der Waals surface area contributed by atoms with Crippen LogP contribution in [0.1, 0.15) is 32.0 Å².